The van der Waals surface area contributed by atoms with Gasteiger partial charge in [-0.3, -0.25) is 0 Å². The van der Waals surface area contributed by atoms with Crippen molar-refractivity contribution in [3.8, 4) is 0 Å². The maximum Gasteiger partial charge on any atom is 0.327 e. The Morgan fingerprint density at radius 3 is 2.60 bits per heavy atom. The van der Waals surface area contributed by atoms with Crippen molar-refractivity contribution in [2.24, 2.45) is 0 Å². The Balaban J connectivity index is 2.73. The Bertz CT molecular complexity index is 368. The Hall–Kier alpha value is -0.930. The first-order valence-corrected chi connectivity index (χ1v) is 5.09. The van der Waals surface area contributed by atoms with Gasteiger partial charge in [0.1, 0.15) is 6.04 Å². The molecule has 1 aromatic carbocycles. The summed E-state index contributed by atoms with van der Waals surface area (Å²) in [5, 5.41) is 3.87. The lowest BCUT2D eigenvalue weighted by molar-refractivity contribution is -0.141. The van der Waals surface area contributed by atoms with Crippen LogP contribution in [0.1, 0.15) is 6.92 Å². The Labute approximate surface area is 98.3 Å². The second-order valence-electron chi connectivity index (χ2n) is 3.02. The van der Waals surface area contributed by atoms with E-state index in [0.29, 0.717) is 10.0 Å². The highest BCUT2D eigenvalue weighted by molar-refractivity contribution is 6.42. The number of methoxy groups -OCH3 is 1. The predicted octanol–water partition coefficient (Wildman–Crippen LogP) is 2.97. The van der Waals surface area contributed by atoms with Gasteiger partial charge < -0.3 is 10.1 Å². The van der Waals surface area contributed by atoms with Gasteiger partial charge in [-0.1, -0.05) is 23.2 Å². The third-order valence-corrected chi connectivity index (χ3v) is 2.60. The van der Waals surface area contributed by atoms with Crippen molar-refractivity contribution in [3.05, 3.63) is 28.2 Å². The van der Waals surface area contributed by atoms with Crippen LogP contribution in [0, 0.1) is 0 Å². The first-order valence-electron chi connectivity index (χ1n) is 4.34. The molecule has 82 valence electrons. The third-order valence-electron chi connectivity index (χ3n) is 1.86. The molecule has 0 saturated heterocycles. The van der Waals surface area contributed by atoms with Gasteiger partial charge in [-0.05, 0) is 25.1 Å². The topological polar surface area (TPSA) is 38.3 Å². The molecule has 1 N–H and O–H groups in total. The number of benzene rings is 1. The summed E-state index contributed by atoms with van der Waals surface area (Å²) in [5.74, 6) is -0.332. The van der Waals surface area contributed by atoms with Gasteiger partial charge >= 0.3 is 5.97 Å². The molecule has 0 aliphatic carbocycles. The average Bonchev–Trinajstić information content (AvgIpc) is 2.22. The lowest BCUT2D eigenvalue weighted by atomic mass is 10.2. The molecule has 0 heterocycles. The van der Waals surface area contributed by atoms with Gasteiger partial charge in [-0.2, -0.15) is 0 Å². The van der Waals surface area contributed by atoms with E-state index in [9.17, 15) is 4.79 Å². The fraction of sp³-hybridized carbons (Fsp3) is 0.300. The number of anilines is 1. The van der Waals surface area contributed by atoms with Crippen LogP contribution in [0.5, 0.6) is 0 Å². The van der Waals surface area contributed by atoms with E-state index in [1.165, 1.54) is 7.11 Å². The molecule has 0 spiro atoms. The van der Waals surface area contributed by atoms with Gasteiger partial charge in [0.05, 0.1) is 17.2 Å². The fourth-order valence-electron chi connectivity index (χ4n) is 1.07. The van der Waals surface area contributed by atoms with Crippen LogP contribution >= 0.6 is 23.2 Å². The van der Waals surface area contributed by atoms with Crippen LogP contribution in [0.2, 0.25) is 10.0 Å². The van der Waals surface area contributed by atoms with Crippen LogP contribution in [-0.2, 0) is 9.53 Å². The van der Waals surface area contributed by atoms with Crippen molar-refractivity contribution in [3.63, 3.8) is 0 Å². The summed E-state index contributed by atoms with van der Waals surface area (Å²) in [7, 11) is 1.34. The van der Waals surface area contributed by atoms with Gasteiger partial charge in [0, 0.05) is 5.69 Å². The normalized spacial score (nSPS) is 12.0. The van der Waals surface area contributed by atoms with Crippen molar-refractivity contribution >= 4 is 34.9 Å². The van der Waals surface area contributed by atoms with Crippen LogP contribution in [-0.4, -0.2) is 19.1 Å². The van der Waals surface area contributed by atoms with E-state index < -0.39 is 6.04 Å². The number of esters is 1. The van der Waals surface area contributed by atoms with Crippen LogP contribution in [0.3, 0.4) is 0 Å². The molecular formula is C10H11Cl2NO2. The van der Waals surface area contributed by atoms with Crippen molar-refractivity contribution < 1.29 is 9.53 Å². The fourth-order valence-corrected chi connectivity index (χ4v) is 1.37. The molecule has 15 heavy (non-hydrogen) atoms. The molecule has 5 heteroatoms. The maximum absolute atomic E-state index is 11.1. The summed E-state index contributed by atoms with van der Waals surface area (Å²) in [4.78, 5) is 11.1. The van der Waals surface area contributed by atoms with E-state index >= 15 is 0 Å². The van der Waals surface area contributed by atoms with Crippen molar-refractivity contribution in [2.75, 3.05) is 12.4 Å². The van der Waals surface area contributed by atoms with Gasteiger partial charge in [-0.15, -0.1) is 0 Å². The van der Waals surface area contributed by atoms with Crippen molar-refractivity contribution in [1.82, 2.24) is 0 Å². The summed E-state index contributed by atoms with van der Waals surface area (Å²) in [6, 6.07) is 4.64. The third kappa shape index (κ3) is 3.29. The monoisotopic (exact) mass is 247 g/mol. The molecule has 0 radical (unpaired) electrons. The summed E-state index contributed by atoms with van der Waals surface area (Å²) in [5.41, 5.74) is 0.724. The molecule has 0 amide bonds. The van der Waals surface area contributed by atoms with Crippen molar-refractivity contribution in [1.29, 1.82) is 0 Å². The highest BCUT2D eigenvalue weighted by Gasteiger charge is 2.12. The second kappa shape index (κ2) is 5.24. The maximum atomic E-state index is 11.1. The van der Waals surface area contributed by atoms with Crippen LogP contribution in [0.25, 0.3) is 0 Å². The lowest BCUT2D eigenvalue weighted by Gasteiger charge is -2.13. The number of carbonyl (C=O) groups excluding carboxylic acids is 1. The minimum atomic E-state index is -0.424. The first kappa shape index (κ1) is 12.1. The van der Waals surface area contributed by atoms with E-state index in [4.69, 9.17) is 23.2 Å². The number of halogens is 2. The molecule has 3 nitrogen and oxygen atoms in total. The van der Waals surface area contributed by atoms with Crippen LogP contribution in [0.4, 0.5) is 5.69 Å². The smallest absolute Gasteiger partial charge is 0.327 e. The van der Waals surface area contributed by atoms with Gasteiger partial charge in [0.25, 0.3) is 0 Å². The van der Waals surface area contributed by atoms with Crippen LogP contribution < -0.4 is 5.32 Å². The zero-order valence-electron chi connectivity index (χ0n) is 8.38. The summed E-state index contributed by atoms with van der Waals surface area (Å²) in [6.45, 7) is 1.70. The van der Waals surface area contributed by atoms with E-state index in [-0.39, 0.29) is 5.97 Å². The largest absolute Gasteiger partial charge is 0.467 e. The number of hydrogen-bond acceptors (Lipinski definition) is 3. The second-order valence-corrected chi connectivity index (χ2v) is 3.83. The summed E-state index contributed by atoms with van der Waals surface area (Å²) >= 11 is 11.6. The summed E-state index contributed by atoms with van der Waals surface area (Å²) in [6.07, 6.45) is 0. The zero-order valence-corrected chi connectivity index (χ0v) is 9.89. The van der Waals surface area contributed by atoms with Gasteiger partial charge in [0.15, 0.2) is 0 Å². The average molecular weight is 248 g/mol. The molecule has 1 atom stereocenters. The predicted molar refractivity (Wildman–Crippen MR) is 61.6 cm³/mol. The molecule has 1 rings (SSSR count). The van der Waals surface area contributed by atoms with E-state index in [0.717, 1.165) is 5.69 Å². The lowest BCUT2D eigenvalue weighted by Crippen LogP contribution is -2.27. The number of carbonyl (C=O) groups is 1. The first-order chi connectivity index (χ1) is 7.04. The molecule has 0 fully saturated rings. The van der Waals surface area contributed by atoms with E-state index in [1.807, 2.05) is 0 Å². The Morgan fingerprint density at radius 2 is 2.07 bits per heavy atom. The molecule has 1 unspecified atom stereocenters. The number of ether oxygens (including phenoxy) is 1. The molecule has 0 saturated carbocycles. The van der Waals surface area contributed by atoms with Gasteiger partial charge in [0.2, 0.25) is 0 Å². The number of hydrogen-bond donors (Lipinski definition) is 1. The standard InChI is InChI=1S/C10H11Cl2NO2/c1-6(10(14)15-2)13-7-3-4-8(11)9(12)5-7/h3-6,13H,1-2H3. The Kier molecular flexibility index (Phi) is 4.24. The minimum Gasteiger partial charge on any atom is -0.467 e. The van der Waals surface area contributed by atoms with Gasteiger partial charge in [-0.25, -0.2) is 4.79 Å². The number of nitrogens with one attached hydrogen (secondary N) is 1. The molecule has 0 bridgehead atoms. The molecule has 1 aromatic rings. The molecule has 0 aliphatic rings. The van der Waals surface area contributed by atoms with E-state index in [1.54, 1.807) is 25.1 Å². The minimum absolute atomic E-state index is 0.332. The molecule has 0 aromatic heterocycles. The molecular weight excluding hydrogens is 237 g/mol. The van der Waals surface area contributed by atoms with Crippen molar-refractivity contribution in [2.45, 2.75) is 13.0 Å². The van der Waals surface area contributed by atoms with Crippen LogP contribution in [0.15, 0.2) is 18.2 Å². The highest BCUT2D eigenvalue weighted by atomic mass is 35.5. The SMILES string of the molecule is COC(=O)C(C)Nc1ccc(Cl)c(Cl)c1. The Morgan fingerprint density at radius 1 is 1.40 bits per heavy atom. The number of rotatable bonds is 3. The quantitative estimate of drug-likeness (QED) is 0.835. The zero-order chi connectivity index (χ0) is 11.4. The van der Waals surface area contributed by atoms with E-state index in [2.05, 4.69) is 10.1 Å². The molecule has 0 aliphatic heterocycles. The highest BCUT2D eigenvalue weighted by Crippen LogP contribution is 2.25. The summed E-state index contributed by atoms with van der Waals surface area (Å²) < 4.78 is 4.58.